The Labute approximate surface area is 150 Å². The molecule has 23 heavy (non-hydrogen) atoms. The molecule has 0 aliphatic carbocycles. The van der Waals surface area contributed by atoms with Crippen LogP contribution in [0.4, 0.5) is 5.82 Å². The van der Waals surface area contributed by atoms with Crippen molar-refractivity contribution in [2.45, 2.75) is 45.1 Å². The van der Waals surface area contributed by atoms with Gasteiger partial charge in [0.15, 0.2) is 11.5 Å². The average Bonchev–Trinajstić information content (AvgIpc) is 3.07. The number of nitrogens with zero attached hydrogens (tertiary/aromatic N) is 3. The molecule has 0 spiro atoms. The molecule has 132 valence electrons. The number of carbonyl (C=O) groups excluding carboxylic acids is 1. The van der Waals surface area contributed by atoms with Gasteiger partial charge in [-0.05, 0) is 37.8 Å². The number of rotatable bonds is 6. The molecular formula is C15H27Cl2N5O. The highest BCUT2D eigenvalue weighted by atomic mass is 35.5. The Morgan fingerprint density at radius 3 is 2.30 bits per heavy atom. The van der Waals surface area contributed by atoms with E-state index >= 15 is 0 Å². The number of nitrogens with one attached hydrogen (secondary N) is 1. The fourth-order valence-electron chi connectivity index (χ4n) is 2.41. The molecule has 8 heteroatoms. The van der Waals surface area contributed by atoms with Crippen LogP contribution in [0.15, 0.2) is 12.1 Å². The summed E-state index contributed by atoms with van der Waals surface area (Å²) in [5, 5.41) is 11.0. The van der Waals surface area contributed by atoms with Crippen LogP contribution in [0.5, 0.6) is 0 Å². The van der Waals surface area contributed by atoms with Crippen LogP contribution in [0.25, 0.3) is 0 Å². The highest BCUT2D eigenvalue weighted by Crippen LogP contribution is 2.16. The summed E-state index contributed by atoms with van der Waals surface area (Å²) in [6.07, 6.45) is 4.03. The van der Waals surface area contributed by atoms with Crippen LogP contribution in [-0.2, 0) is 0 Å². The van der Waals surface area contributed by atoms with Crippen molar-refractivity contribution in [2.24, 2.45) is 5.73 Å². The molecule has 2 rings (SSSR count). The van der Waals surface area contributed by atoms with Gasteiger partial charge in [0.2, 0.25) is 0 Å². The summed E-state index contributed by atoms with van der Waals surface area (Å²) >= 11 is 0. The van der Waals surface area contributed by atoms with Gasteiger partial charge in [-0.2, -0.15) is 0 Å². The van der Waals surface area contributed by atoms with E-state index in [1.165, 1.54) is 12.8 Å². The van der Waals surface area contributed by atoms with Crippen LogP contribution in [0.3, 0.4) is 0 Å². The molecule has 0 saturated carbocycles. The van der Waals surface area contributed by atoms with Gasteiger partial charge in [0.25, 0.3) is 5.91 Å². The Balaban J connectivity index is 0.00000242. The average molecular weight is 364 g/mol. The number of hydrogen-bond acceptors (Lipinski definition) is 5. The molecule has 0 unspecified atom stereocenters. The summed E-state index contributed by atoms with van der Waals surface area (Å²) in [5.41, 5.74) is 6.16. The predicted octanol–water partition coefficient (Wildman–Crippen LogP) is 2.17. The number of carbonyl (C=O) groups is 1. The van der Waals surface area contributed by atoms with Crippen molar-refractivity contribution in [3.63, 3.8) is 0 Å². The van der Waals surface area contributed by atoms with Crippen molar-refractivity contribution in [1.82, 2.24) is 15.5 Å². The third kappa shape index (κ3) is 5.79. The Kier molecular flexibility index (Phi) is 9.42. The van der Waals surface area contributed by atoms with Gasteiger partial charge in [-0.1, -0.05) is 13.8 Å². The molecule has 1 fully saturated rings. The van der Waals surface area contributed by atoms with Crippen molar-refractivity contribution >= 4 is 36.5 Å². The largest absolute Gasteiger partial charge is 0.355 e. The van der Waals surface area contributed by atoms with E-state index < -0.39 is 0 Å². The number of aromatic nitrogens is 2. The van der Waals surface area contributed by atoms with E-state index in [-0.39, 0.29) is 36.3 Å². The molecule has 0 atom stereocenters. The summed E-state index contributed by atoms with van der Waals surface area (Å²) < 4.78 is 0. The van der Waals surface area contributed by atoms with Crippen LogP contribution < -0.4 is 16.0 Å². The van der Waals surface area contributed by atoms with Crippen LogP contribution >= 0.6 is 24.8 Å². The Morgan fingerprint density at radius 1 is 1.22 bits per heavy atom. The standard InChI is InChI=1S/C15H25N5O.2ClH/c1-3-15(16,4-2)11-17-14(21)12-7-8-13(19-18-12)20-9-5-6-10-20;;/h7-8H,3-6,9-11,16H2,1-2H3,(H,17,21);2*1H. The second-order valence-corrected chi connectivity index (χ2v) is 5.72. The molecule has 1 aromatic rings. The number of hydrogen-bond donors (Lipinski definition) is 2. The van der Waals surface area contributed by atoms with Gasteiger partial charge in [0, 0.05) is 25.2 Å². The number of anilines is 1. The molecule has 3 N–H and O–H groups in total. The summed E-state index contributed by atoms with van der Waals surface area (Å²) in [7, 11) is 0. The lowest BCUT2D eigenvalue weighted by Crippen LogP contribution is -2.49. The highest BCUT2D eigenvalue weighted by Gasteiger charge is 2.22. The van der Waals surface area contributed by atoms with Crippen LogP contribution in [0, 0.1) is 0 Å². The van der Waals surface area contributed by atoms with Gasteiger partial charge in [0.05, 0.1) is 0 Å². The lowest BCUT2D eigenvalue weighted by atomic mass is 9.94. The topological polar surface area (TPSA) is 84.1 Å². The van der Waals surface area contributed by atoms with Gasteiger partial charge in [-0.15, -0.1) is 35.0 Å². The molecular weight excluding hydrogens is 337 g/mol. The molecule has 1 saturated heterocycles. The van der Waals surface area contributed by atoms with E-state index in [1.807, 2.05) is 19.9 Å². The Bertz CT molecular complexity index is 473. The fraction of sp³-hybridized carbons (Fsp3) is 0.667. The quantitative estimate of drug-likeness (QED) is 0.808. The van der Waals surface area contributed by atoms with Crippen molar-refractivity contribution in [3.05, 3.63) is 17.8 Å². The van der Waals surface area contributed by atoms with Crippen molar-refractivity contribution in [1.29, 1.82) is 0 Å². The zero-order chi connectivity index (χ0) is 15.3. The summed E-state index contributed by atoms with van der Waals surface area (Å²) in [4.78, 5) is 14.3. The summed E-state index contributed by atoms with van der Waals surface area (Å²) in [6.45, 7) is 6.54. The Morgan fingerprint density at radius 2 is 1.83 bits per heavy atom. The first-order chi connectivity index (χ1) is 10.1. The molecule has 6 nitrogen and oxygen atoms in total. The van der Waals surface area contributed by atoms with Gasteiger partial charge in [0.1, 0.15) is 0 Å². The normalized spacial score (nSPS) is 14.0. The number of amides is 1. The van der Waals surface area contributed by atoms with E-state index in [2.05, 4.69) is 20.4 Å². The van der Waals surface area contributed by atoms with E-state index in [0.29, 0.717) is 12.2 Å². The van der Waals surface area contributed by atoms with E-state index in [1.54, 1.807) is 6.07 Å². The first-order valence-electron chi connectivity index (χ1n) is 7.74. The predicted molar refractivity (Wildman–Crippen MR) is 97.8 cm³/mol. The number of nitrogens with two attached hydrogens (primary N) is 1. The van der Waals surface area contributed by atoms with E-state index in [0.717, 1.165) is 31.7 Å². The van der Waals surface area contributed by atoms with Crippen LogP contribution in [0.1, 0.15) is 50.0 Å². The molecule has 1 amide bonds. The smallest absolute Gasteiger partial charge is 0.271 e. The van der Waals surface area contributed by atoms with E-state index in [4.69, 9.17) is 5.73 Å². The maximum absolute atomic E-state index is 12.1. The van der Waals surface area contributed by atoms with Crippen LogP contribution in [0.2, 0.25) is 0 Å². The van der Waals surface area contributed by atoms with Gasteiger partial charge < -0.3 is 16.0 Å². The monoisotopic (exact) mass is 363 g/mol. The third-order valence-electron chi connectivity index (χ3n) is 4.32. The first-order valence-corrected chi connectivity index (χ1v) is 7.74. The second-order valence-electron chi connectivity index (χ2n) is 5.72. The van der Waals surface area contributed by atoms with Crippen molar-refractivity contribution in [2.75, 3.05) is 24.5 Å². The van der Waals surface area contributed by atoms with Gasteiger partial charge in [-0.25, -0.2) is 0 Å². The highest BCUT2D eigenvalue weighted by molar-refractivity contribution is 5.92. The third-order valence-corrected chi connectivity index (χ3v) is 4.32. The zero-order valence-corrected chi connectivity index (χ0v) is 15.4. The minimum atomic E-state index is -0.349. The minimum Gasteiger partial charge on any atom is -0.355 e. The molecule has 0 bridgehead atoms. The fourth-order valence-corrected chi connectivity index (χ4v) is 2.41. The molecule has 2 heterocycles. The second kappa shape index (κ2) is 9.90. The molecule has 0 radical (unpaired) electrons. The molecule has 1 aliphatic heterocycles. The van der Waals surface area contributed by atoms with Crippen molar-refractivity contribution < 1.29 is 4.79 Å². The number of halogens is 2. The summed E-state index contributed by atoms with van der Waals surface area (Å²) in [5.74, 6) is 0.631. The van der Waals surface area contributed by atoms with Crippen LogP contribution in [-0.4, -0.2) is 41.3 Å². The maximum atomic E-state index is 12.1. The lowest BCUT2D eigenvalue weighted by molar-refractivity contribution is 0.0936. The SMILES string of the molecule is CCC(N)(CC)CNC(=O)c1ccc(N2CCCC2)nn1.Cl.Cl. The summed E-state index contributed by atoms with van der Waals surface area (Å²) in [6, 6.07) is 3.59. The first kappa shape index (κ1) is 21.9. The molecule has 0 aromatic carbocycles. The molecule has 1 aliphatic rings. The zero-order valence-electron chi connectivity index (χ0n) is 13.7. The Hall–Kier alpha value is -1.11. The van der Waals surface area contributed by atoms with Gasteiger partial charge in [-0.3, -0.25) is 4.79 Å². The maximum Gasteiger partial charge on any atom is 0.271 e. The van der Waals surface area contributed by atoms with Gasteiger partial charge >= 0.3 is 0 Å². The van der Waals surface area contributed by atoms with E-state index in [9.17, 15) is 4.79 Å². The minimum absolute atomic E-state index is 0. The van der Waals surface area contributed by atoms with Crippen molar-refractivity contribution in [3.8, 4) is 0 Å². The molecule has 1 aromatic heterocycles. The lowest BCUT2D eigenvalue weighted by Gasteiger charge is -2.26.